The topological polar surface area (TPSA) is 98.7 Å². The Morgan fingerprint density at radius 2 is 2.11 bits per heavy atom. The van der Waals surface area contributed by atoms with E-state index in [2.05, 4.69) is 15.5 Å². The van der Waals surface area contributed by atoms with Crippen molar-refractivity contribution >= 4 is 28.5 Å². The summed E-state index contributed by atoms with van der Waals surface area (Å²) in [6.45, 7) is 3.76. The molecule has 1 atom stereocenters. The van der Waals surface area contributed by atoms with E-state index in [0.717, 1.165) is 0 Å². The summed E-state index contributed by atoms with van der Waals surface area (Å²) in [6.07, 6.45) is 0. The van der Waals surface area contributed by atoms with Gasteiger partial charge in [-0.3, -0.25) is 15.0 Å². The highest BCUT2D eigenvalue weighted by atomic mass is 32.1. The third-order valence-corrected chi connectivity index (χ3v) is 3.69. The van der Waals surface area contributed by atoms with Crippen molar-refractivity contribution in [2.45, 2.75) is 13.0 Å². The molecule has 2 heterocycles. The number of nitrogens with one attached hydrogen (secondary N) is 1. The van der Waals surface area contributed by atoms with Crippen LogP contribution in [0.4, 0.5) is 9.93 Å². The maximum atomic E-state index is 11.9. The van der Waals surface area contributed by atoms with E-state index >= 15 is 0 Å². The fourth-order valence-corrected chi connectivity index (χ4v) is 2.30. The molecule has 0 saturated carbocycles. The number of hydrogen-bond acceptors (Lipinski definition) is 6. The number of anilines is 1. The Balaban J connectivity index is 1.83. The average molecular weight is 285 g/mol. The molecule has 1 aromatic rings. The summed E-state index contributed by atoms with van der Waals surface area (Å²) in [7, 11) is 0. The van der Waals surface area contributed by atoms with Gasteiger partial charge in [0.25, 0.3) is 0 Å². The summed E-state index contributed by atoms with van der Waals surface area (Å²) >= 11 is 1.26. The molecule has 0 aromatic carbocycles. The number of aliphatic carboxylic acids is 1. The largest absolute Gasteiger partial charge is 0.480 e. The van der Waals surface area contributed by atoms with Gasteiger partial charge in [-0.2, -0.15) is 0 Å². The third-order valence-electron chi connectivity index (χ3n) is 3.08. The van der Waals surface area contributed by atoms with Gasteiger partial charge in [-0.25, -0.2) is 4.79 Å². The Labute approximate surface area is 114 Å². The summed E-state index contributed by atoms with van der Waals surface area (Å²) in [6, 6.07) is -0.743. The monoisotopic (exact) mass is 285 g/mol. The minimum Gasteiger partial charge on any atom is -0.480 e. The number of carboxylic acid groups (broad SMARTS) is 1. The van der Waals surface area contributed by atoms with Crippen molar-refractivity contribution in [2.24, 2.45) is 0 Å². The molecule has 9 heteroatoms. The quantitative estimate of drug-likeness (QED) is 0.821. The third kappa shape index (κ3) is 3.38. The number of urea groups is 1. The lowest BCUT2D eigenvalue weighted by molar-refractivity contribution is -0.143. The summed E-state index contributed by atoms with van der Waals surface area (Å²) in [4.78, 5) is 26.3. The Morgan fingerprint density at radius 1 is 1.42 bits per heavy atom. The van der Waals surface area contributed by atoms with E-state index in [9.17, 15) is 9.59 Å². The van der Waals surface area contributed by atoms with Crippen LogP contribution in [0.5, 0.6) is 0 Å². The maximum absolute atomic E-state index is 11.9. The molecule has 1 fully saturated rings. The summed E-state index contributed by atoms with van der Waals surface area (Å²) < 4.78 is 0. The fourth-order valence-electron chi connectivity index (χ4n) is 1.87. The average Bonchev–Trinajstić information content (AvgIpc) is 2.90. The molecule has 0 bridgehead atoms. The van der Waals surface area contributed by atoms with Crippen LogP contribution in [0, 0.1) is 0 Å². The van der Waals surface area contributed by atoms with E-state index in [1.807, 2.05) is 4.90 Å². The SMILES string of the molecule is CC(C(=O)O)N1CCN(C(=O)Nc2nncs2)CC1. The van der Waals surface area contributed by atoms with Gasteiger partial charge < -0.3 is 10.0 Å². The molecule has 2 N–H and O–H groups in total. The first-order chi connectivity index (χ1) is 9.08. The van der Waals surface area contributed by atoms with E-state index < -0.39 is 12.0 Å². The van der Waals surface area contributed by atoms with Crippen molar-refractivity contribution in [1.29, 1.82) is 0 Å². The molecule has 1 saturated heterocycles. The van der Waals surface area contributed by atoms with Gasteiger partial charge in [-0.15, -0.1) is 10.2 Å². The van der Waals surface area contributed by atoms with Gasteiger partial charge in [0.2, 0.25) is 5.13 Å². The molecule has 0 aliphatic carbocycles. The van der Waals surface area contributed by atoms with Crippen LogP contribution in [0.25, 0.3) is 0 Å². The number of rotatable bonds is 3. The van der Waals surface area contributed by atoms with E-state index in [1.165, 1.54) is 11.3 Å². The number of carboxylic acids is 1. The van der Waals surface area contributed by atoms with Crippen molar-refractivity contribution in [3.8, 4) is 0 Å². The van der Waals surface area contributed by atoms with Crippen molar-refractivity contribution in [3.63, 3.8) is 0 Å². The second kappa shape index (κ2) is 5.93. The number of aromatic nitrogens is 2. The highest BCUT2D eigenvalue weighted by Crippen LogP contribution is 2.11. The fraction of sp³-hybridized carbons (Fsp3) is 0.600. The van der Waals surface area contributed by atoms with Gasteiger partial charge in [-0.05, 0) is 6.92 Å². The van der Waals surface area contributed by atoms with Crippen molar-refractivity contribution in [2.75, 3.05) is 31.5 Å². The predicted octanol–water partition coefficient (Wildman–Crippen LogP) is 0.161. The molecule has 2 amide bonds. The first kappa shape index (κ1) is 13.7. The Bertz CT molecular complexity index is 444. The maximum Gasteiger partial charge on any atom is 0.323 e. The van der Waals surface area contributed by atoms with Gasteiger partial charge >= 0.3 is 12.0 Å². The molecule has 1 aliphatic rings. The van der Waals surface area contributed by atoms with Gasteiger partial charge in [0, 0.05) is 26.2 Å². The smallest absolute Gasteiger partial charge is 0.323 e. The van der Waals surface area contributed by atoms with Gasteiger partial charge in [-0.1, -0.05) is 11.3 Å². The van der Waals surface area contributed by atoms with Crippen LogP contribution < -0.4 is 5.32 Å². The summed E-state index contributed by atoms with van der Waals surface area (Å²) in [5.41, 5.74) is 1.54. The van der Waals surface area contributed by atoms with Crippen LogP contribution in [0.1, 0.15) is 6.92 Å². The molecule has 0 radical (unpaired) electrons. The summed E-state index contributed by atoms with van der Waals surface area (Å²) in [5, 5.41) is 19.4. The lowest BCUT2D eigenvalue weighted by atomic mass is 10.2. The predicted molar refractivity (Wildman–Crippen MR) is 69.2 cm³/mol. The van der Waals surface area contributed by atoms with Gasteiger partial charge in [0.1, 0.15) is 11.6 Å². The van der Waals surface area contributed by atoms with E-state index in [0.29, 0.717) is 31.3 Å². The molecule has 104 valence electrons. The highest BCUT2D eigenvalue weighted by Gasteiger charge is 2.27. The second-order valence-electron chi connectivity index (χ2n) is 4.21. The van der Waals surface area contributed by atoms with Crippen LogP contribution in [0.15, 0.2) is 5.51 Å². The molecular weight excluding hydrogens is 270 g/mol. The lowest BCUT2D eigenvalue weighted by Gasteiger charge is -2.36. The number of piperazine rings is 1. The zero-order valence-electron chi connectivity index (χ0n) is 10.4. The molecule has 1 aliphatic heterocycles. The van der Waals surface area contributed by atoms with Crippen LogP contribution in [-0.2, 0) is 4.79 Å². The normalized spacial score (nSPS) is 18.1. The number of hydrogen-bond donors (Lipinski definition) is 2. The van der Waals surface area contributed by atoms with Crippen LogP contribution in [-0.4, -0.2) is 69.3 Å². The summed E-state index contributed by atoms with van der Waals surface area (Å²) in [5.74, 6) is -0.841. The van der Waals surface area contributed by atoms with Gasteiger partial charge in [0.05, 0.1) is 0 Å². The number of nitrogens with zero attached hydrogens (tertiary/aromatic N) is 4. The standard InChI is InChI=1S/C10H15N5O3S/c1-7(8(16)17)14-2-4-15(5-3-14)10(18)12-9-13-11-6-19-9/h6-7H,2-5H2,1H3,(H,16,17)(H,12,13,18). The first-order valence-corrected chi connectivity index (χ1v) is 6.75. The Morgan fingerprint density at radius 3 is 2.63 bits per heavy atom. The molecule has 19 heavy (non-hydrogen) atoms. The minimum atomic E-state index is -0.841. The lowest BCUT2D eigenvalue weighted by Crippen LogP contribution is -2.53. The van der Waals surface area contributed by atoms with Crippen molar-refractivity contribution in [1.82, 2.24) is 20.0 Å². The van der Waals surface area contributed by atoms with Crippen molar-refractivity contribution in [3.05, 3.63) is 5.51 Å². The Hall–Kier alpha value is -1.74. The van der Waals surface area contributed by atoms with E-state index in [4.69, 9.17) is 5.11 Å². The molecule has 2 rings (SSSR count). The van der Waals surface area contributed by atoms with Crippen LogP contribution >= 0.6 is 11.3 Å². The highest BCUT2D eigenvalue weighted by molar-refractivity contribution is 7.13. The van der Waals surface area contributed by atoms with E-state index in [-0.39, 0.29) is 6.03 Å². The molecule has 0 spiro atoms. The van der Waals surface area contributed by atoms with Crippen molar-refractivity contribution < 1.29 is 14.7 Å². The minimum absolute atomic E-state index is 0.223. The first-order valence-electron chi connectivity index (χ1n) is 5.87. The molecule has 8 nitrogen and oxygen atoms in total. The zero-order chi connectivity index (χ0) is 13.8. The number of carbonyl (C=O) groups is 2. The zero-order valence-corrected chi connectivity index (χ0v) is 11.3. The molecular formula is C10H15N5O3S. The molecule has 1 unspecified atom stereocenters. The van der Waals surface area contributed by atoms with E-state index in [1.54, 1.807) is 17.3 Å². The van der Waals surface area contributed by atoms with Gasteiger partial charge in [0.15, 0.2) is 0 Å². The van der Waals surface area contributed by atoms with Crippen LogP contribution in [0.2, 0.25) is 0 Å². The Kier molecular flexibility index (Phi) is 4.27. The second-order valence-corrected chi connectivity index (χ2v) is 5.04. The van der Waals surface area contributed by atoms with Crippen LogP contribution in [0.3, 0.4) is 0 Å². The number of carbonyl (C=O) groups excluding carboxylic acids is 1. The molecule has 1 aromatic heterocycles. The number of amides is 2.